The molecule has 9 nitrogen and oxygen atoms in total. The van der Waals surface area contributed by atoms with Gasteiger partial charge < -0.3 is 10.6 Å². The van der Waals surface area contributed by atoms with Crippen LogP contribution in [0.3, 0.4) is 0 Å². The van der Waals surface area contributed by atoms with Crippen molar-refractivity contribution >= 4 is 31.8 Å². The minimum Gasteiger partial charge on any atom is -0.399 e. The summed E-state index contributed by atoms with van der Waals surface area (Å²) in [5, 5.41) is 0. The van der Waals surface area contributed by atoms with Crippen LogP contribution in [0.1, 0.15) is 19.4 Å². The molecule has 0 atom stereocenters. The average Bonchev–Trinajstić information content (AvgIpc) is 2.41. The van der Waals surface area contributed by atoms with Crippen molar-refractivity contribution in [3.8, 4) is 0 Å². The van der Waals surface area contributed by atoms with E-state index in [2.05, 4.69) is 22.6 Å². The molecule has 1 aromatic rings. The number of hydrogen-bond acceptors (Lipinski definition) is 6. The number of likely N-dealkylation sites (N-methyl/N-ethyl adjacent to an activating group) is 1. The van der Waals surface area contributed by atoms with Crippen LogP contribution in [0.4, 0.5) is 11.4 Å². The Balaban J connectivity index is 0.000000922. The highest BCUT2D eigenvalue weighted by Gasteiger charge is 2.08. The zero-order chi connectivity index (χ0) is 19.0. The molecule has 0 unspecified atom stereocenters. The van der Waals surface area contributed by atoms with Crippen LogP contribution in [-0.4, -0.2) is 51.8 Å². The molecule has 5 N–H and O–H groups in total. The molecule has 140 valence electrons. The molecule has 1 rings (SSSR count). The van der Waals surface area contributed by atoms with Gasteiger partial charge in [0.1, 0.15) is 0 Å². The van der Waals surface area contributed by atoms with E-state index in [0.29, 0.717) is 13.1 Å². The van der Waals surface area contributed by atoms with Crippen molar-refractivity contribution in [2.24, 2.45) is 0 Å². The fourth-order valence-corrected chi connectivity index (χ4v) is 2.39. The number of nitrogens with two attached hydrogens (primary N) is 1. The maximum Gasteiger partial charge on any atom is 0.394 e. The molecule has 0 aliphatic heterocycles. The predicted molar refractivity (Wildman–Crippen MR) is 95.1 cm³/mol. The van der Waals surface area contributed by atoms with E-state index < -0.39 is 20.4 Å². The van der Waals surface area contributed by atoms with Gasteiger partial charge in [0, 0.05) is 31.0 Å². The van der Waals surface area contributed by atoms with Crippen molar-refractivity contribution in [1.29, 1.82) is 0 Å². The summed E-state index contributed by atoms with van der Waals surface area (Å²) >= 11 is 0. The SMILES string of the molecule is CCc1cc(N(CC)CCNS(C)(=O)=O)ccc1N.O=S(=O)(O)O. The van der Waals surface area contributed by atoms with Crippen LogP contribution < -0.4 is 15.4 Å². The average molecular weight is 383 g/mol. The van der Waals surface area contributed by atoms with Crippen LogP contribution in [0.25, 0.3) is 0 Å². The molecular formula is C13H25N3O6S2. The number of sulfonamides is 1. The van der Waals surface area contributed by atoms with Crippen LogP contribution in [0.2, 0.25) is 0 Å². The van der Waals surface area contributed by atoms with E-state index in [9.17, 15) is 8.42 Å². The number of nitrogens with zero attached hydrogens (tertiary/aromatic N) is 1. The number of aryl methyl sites for hydroxylation is 1. The summed E-state index contributed by atoms with van der Waals surface area (Å²) in [6.45, 7) is 5.97. The lowest BCUT2D eigenvalue weighted by atomic mass is 10.1. The van der Waals surface area contributed by atoms with Crippen molar-refractivity contribution in [2.75, 3.05) is 36.5 Å². The van der Waals surface area contributed by atoms with Crippen LogP contribution in [-0.2, 0) is 26.8 Å². The Morgan fingerprint density at radius 3 is 2.12 bits per heavy atom. The maximum absolute atomic E-state index is 11.0. The number of anilines is 2. The summed E-state index contributed by atoms with van der Waals surface area (Å²) < 4.78 is 56.2. The van der Waals surface area contributed by atoms with Gasteiger partial charge in [-0.15, -0.1) is 0 Å². The van der Waals surface area contributed by atoms with Crippen LogP contribution in [0.5, 0.6) is 0 Å². The van der Waals surface area contributed by atoms with Gasteiger partial charge in [-0.2, -0.15) is 8.42 Å². The Kier molecular flexibility index (Phi) is 9.22. The van der Waals surface area contributed by atoms with E-state index in [1.807, 2.05) is 19.1 Å². The Hall–Kier alpha value is -1.40. The van der Waals surface area contributed by atoms with Crippen LogP contribution in [0, 0.1) is 0 Å². The van der Waals surface area contributed by atoms with Crippen molar-refractivity contribution < 1.29 is 25.9 Å². The molecule has 11 heteroatoms. The lowest BCUT2D eigenvalue weighted by molar-refractivity contribution is 0.381. The van der Waals surface area contributed by atoms with Gasteiger partial charge in [-0.05, 0) is 37.1 Å². The van der Waals surface area contributed by atoms with Crippen molar-refractivity contribution in [2.45, 2.75) is 20.3 Å². The molecule has 0 saturated heterocycles. The zero-order valence-corrected chi connectivity index (χ0v) is 15.6. The van der Waals surface area contributed by atoms with E-state index in [0.717, 1.165) is 29.9 Å². The number of rotatable bonds is 7. The van der Waals surface area contributed by atoms with Gasteiger partial charge in [0.2, 0.25) is 10.0 Å². The number of nitrogen functional groups attached to an aromatic ring is 1. The monoisotopic (exact) mass is 383 g/mol. The highest BCUT2D eigenvalue weighted by atomic mass is 32.3. The molecule has 0 radical (unpaired) electrons. The Morgan fingerprint density at radius 2 is 1.71 bits per heavy atom. The molecule has 0 aliphatic rings. The van der Waals surface area contributed by atoms with Crippen molar-refractivity contribution in [3.63, 3.8) is 0 Å². The summed E-state index contributed by atoms with van der Waals surface area (Å²) in [5.74, 6) is 0. The Morgan fingerprint density at radius 1 is 1.17 bits per heavy atom. The Bertz CT molecular complexity index is 711. The topological polar surface area (TPSA) is 150 Å². The summed E-state index contributed by atoms with van der Waals surface area (Å²) in [6, 6.07) is 5.94. The third-order valence-corrected chi connectivity index (χ3v) is 3.73. The predicted octanol–water partition coefficient (Wildman–Crippen LogP) is 0.554. The number of nitrogens with one attached hydrogen (secondary N) is 1. The minimum absolute atomic E-state index is 0.401. The maximum atomic E-state index is 11.0. The molecule has 0 aliphatic carbocycles. The zero-order valence-electron chi connectivity index (χ0n) is 13.9. The van der Waals surface area contributed by atoms with Gasteiger partial charge in [0.25, 0.3) is 0 Å². The molecule has 0 spiro atoms. The third-order valence-electron chi connectivity index (χ3n) is 3.00. The molecule has 0 bridgehead atoms. The van der Waals surface area contributed by atoms with E-state index in [4.69, 9.17) is 23.3 Å². The van der Waals surface area contributed by atoms with Gasteiger partial charge >= 0.3 is 10.4 Å². The first-order valence-electron chi connectivity index (χ1n) is 7.15. The molecule has 24 heavy (non-hydrogen) atoms. The fourth-order valence-electron chi connectivity index (χ4n) is 1.93. The highest BCUT2D eigenvalue weighted by molar-refractivity contribution is 7.88. The van der Waals surface area contributed by atoms with Crippen molar-refractivity contribution in [1.82, 2.24) is 4.72 Å². The molecule has 0 fully saturated rings. The second-order valence-electron chi connectivity index (χ2n) is 4.93. The van der Waals surface area contributed by atoms with Crippen molar-refractivity contribution in [3.05, 3.63) is 23.8 Å². The van der Waals surface area contributed by atoms with Gasteiger partial charge in [-0.1, -0.05) is 6.92 Å². The minimum atomic E-state index is -4.67. The van der Waals surface area contributed by atoms with E-state index in [1.165, 1.54) is 6.26 Å². The smallest absolute Gasteiger partial charge is 0.394 e. The first-order chi connectivity index (χ1) is 10.9. The van der Waals surface area contributed by atoms with Gasteiger partial charge in [0.05, 0.1) is 6.26 Å². The summed E-state index contributed by atoms with van der Waals surface area (Å²) in [6.07, 6.45) is 2.06. The number of hydrogen-bond donors (Lipinski definition) is 4. The third kappa shape index (κ3) is 11.2. The van der Waals surface area contributed by atoms with Gasteiger partial charge in [-0.25, -0.2) is 13.1 Å². The lowest BCUT2D eigenvalue weighted by Crippen LogP contribution is -2.34. The summed E-state index contributed by atoms with van der Waals surface area (Å²) in [5.41, 5.74) is 8.88. The quantitative estimate of drug-likeness (QED) is 0.394. The van der Waals surface area contributed by atoms with E-state index in [-0.39, 0.29) is 0 Å². The largest absolute Gasteiger partial charge is 0.399 e. The highest BCUT2D eigenvalue weighted by Crippen LogP contribution is 2.21. The lowest BCUT2D eigenvalue weighted by Gasteiger charge is -2.24. The first kappa shape index (κ1) is 22.6. The summed E-state index contributed by atoms with van der Waals surface area (Å²) in [4.78, 5) is 2.12. The number of benzene rings is 1. The van der Waals surface area contributed by atoms with Crippen LogP contribution >= 0.6 is 0 Å². The molecule has 1 aromatic carbocycles. The Labute approximate surface area is 143 Å². The van der Waals surface area contributed by atoms with Crippen LogP contribution in [0.15, 0.2) is 18.2 Å². The molecular weight excluding hydrogens is 358 g/mol. The molecule has 0 amide bonds. The second-order valence-corrected chi connectivity index (χ2v) is 7.66. The normalized spacial score (nSPS) is 11.5. The van der Waals surface area contributed by atoms with Gasteiger partial charge in [-0.3, -0.25) is 9.11 Å². The van der Waals surface area contributed by atoms with E-state index in [1.54, 1.807) is 0 Å². The molecule has 0 heterocycles. The van der Waals surface area contributed by atoms with E-state index >= 15 is 0 Å². The second kappa shape index (κ2) is 9.79. The van der Waals surface area contributed by atoms with Gasteiger partial charge in [0.15, 0.2) is 0 Å². The molecule has 0 aromatic heterocycles. The fraction of sp³-hybridized carbons (Fsp3) is 0.538. The standard InChI is InChI=1S/C13H23N3O2S.H2O4S/c1-4-11-10-12(6-7-13(11)14)16(5-2)9-8-15-19(3,17)18;1-5(2,3)4/h6-7,10,15H,4-5,8-9,14H2,1-3H3;(H2,1,2,3,4). The molecule has 0 saturated carbocycles. The summed E-state index contributed by atoms with van der Waals surface area (Å²) in [7, 11) is -7.79. The first-order valence-corrected chi connectivity index (χ1v) is 10.4.